The van der Waals surface area contributed by atoms with Crippen molar-refractivity contribution in [2.45, 2.75) is 70.6 Å². The lowest BCUT2D eigenvalue weighted by Gasteiger charge is -2.34. The summed E-state index contributed by atoms with van der Waals surface area (Å²) in [6.07, 6.45) is 4.38. The molecule has 2 rings (SSSR count). The van der Waals surface area contributed by atoms with Gasteiger partial charge in [-0.3, -0.25) is 4.90 Å². The van der Waals surface area contributed by atoms with Gasteiger partial charge in [-0.2, -0.15) is 0 Å². The molecule has 2 fully saturated rings. The second-order valence-corrected chi connectivity index (χ2v) is 7.68. The first kappa shape index (κ1) is 18.0. The van der Waals surface area contributed by atoms with E-state index in [9.17, 15) is 14.7 Å². The molecule has 0 aromatic rings. The third-order valence-electron chi connectivity index (χ3n) is 4.98. The number of carboxylic acids is 1. The first-order valence-electron chi connectivity index (χ1n) is 8.48. The van der Waals surface area contributed by atoms with Gasteiger partial charge in [-0.1, -0.05) is 0 Å². The number of likely N-dealkylation sites (tertiary alicyclic amines) is 1. The first-order chi connectivity index (χ1) is 10.7. The lowest BCUT2D eigenvalue weighted by atomic mass is 9.76. The van der Waals surface area contributed by atoms with E-state index in [4.69, 9.17) is 9.47 Å². The van der Waals surface area contributed by atoms with Crippen molar-refractivity contribution in [1.29, 1.82) is 0 Å². The van der Waals surface area contributed by atoms with E-state index >= 15 is 0 Å². The van der Waals surface area contributed by atoms with Crippen LogP contribution in [0.2, 0.25) is 0 Å². The number of hydrogen-bond donors (Lipinski definition) is 1. The van der Waals surface area contributed by atoms with Crippen LogP contribution in [0, 0.1) is 11.8 Å². The number of methoxy groups -OCH3 is 1. The molecule has 23 heavy (non-hydrogen) atoms. The van der Waals surface area contributed by atoms with Gasteiger partial charge in [0, 0.05) is 13.7 Å². The van der Waals surface area contributed by atoms with Crippen molar-refractivity contribution < 1.29 is 24.2 Å². The summed E-state index contributed by atoms with van der Waals surface area (Å²) in [5, 5.41) is 9.66. The Labute approximate surface area is 138 Å². The quantitative estimate of drug-likeness (QED) is 0.862. The number of amides is 1. The number of rotatable bonds is 3. The molecule has 2 atom stereocenters. The van der Waals surface area contributed by atoms with Crippen molar-refractivity contribution >= 4 is 12.1 Å². The zero-order valence-corrected chi connectivity index (χ0v) is 14.6. The van der Waals surface area contributed by atoms with Gasteiger partial charge in [-0.25, -0.2) is 9.59 Å². The summed E-state index contributed by atoms with van der Waals surface area (Å²) in [4.78, 5) is 25.5. The Bertz CT molecular complexity index is 437. The third kappa shape index (κ3) is 4.37. The molecule has 6 nitrogen and oxygen atoms in total. The van der Waals surface area contributed by atoms with Gasteiger partial charge in [0.2, 0.25) is 0 Å². The lowest BCUT2D eigenvalue weighted by molar-refractivity contribution is -0.144. The summed E-state index contributed by atoms with van der Waals surface area (Å²) in [6, 6.07) is -0.769. The Morgan fingerprint density at radius 1 is 1.09 bits per heavy atom. The molecule has 1 aliphatic carbocycles. The number of ether oxygens (including phenoxy) is 2. The Balaban J connectivity index is 2.05. The van der Waals surface area contributed by atoms with Crippen LogP contribution in [-0.4, -0.2) is 53.5 Å². The predicted octanol–water partition coefficient (Wildman–Crippen LogP) is 2.90. The molecule has 0 bridgehead atoms. The van der Waals surface area contributed by atoms with E-state index in [0.717, 1.165) is 32.1 Å². The van der Waals surface area contributed by atoms with Crippen LogP contribution in [0.3, 0.4) is 0 Å². The molecular formula is C17H29NO5. The molecule has 0 unspecified atom stereocenters. The third-order valence-corrected chi connectivity index (χ3v) is 4.98. The minimum atomic E-state index is -0.924. The second-order valence-electron chi connectivity index (χ2n) is 7.68. The highest BCUT2D eigenvalue weighted by Crippen LogP contribution is 2.40. The fourth-order valence-corrected chi connectivity index (χ4v) is 3.90. The van der Waals surface area contributed by atoms with Gasteiger partial charge in [0.05, 0.1) is 6.10 Å². The molecule has 6 heteroatoms. The van der Waals surface area contributed by atoms with Gasteiger partial charge in [0.25, 0.3) is 0 Å². The van der Waals surface area contributed by atoms with Crippen LogP contribution in [0.5, 0.6) is 0 Å². The lowest BCUT2D eigenvalue weighted by Crippen LogP contribution is -2.47. The number of hydrogen-bond acceptors (Lipinski definition) is 4. The maximum Gasteiger partial charge on any atom is 0.411 e. The smallest absolute Gasteiger partial charge is 0.411 e. The van der Waals surface area contributed by atoms with E-state index in [1.165, 1.54) is 4.90 Å². The minimum absolute atomic E-state index is 0.0119. The molecule has 0 aromatic heterocycles. The number of carboxylic acid groups (broad SMARTS) is 1. The Morgan fingerprint density at radius 3 is 2.17 bits per heavy atom. The largest absolute Gasteiger partial charge is 0.480 e. The SMILES string of the molecule is CO[C@H]1CC[C@H]([C@H]2CCN(C(=O)OC(C)(C)C)[C@H]2C(=O)O)CC1. The van der Waals surface area contributed by atoms with E-state index < -0.39 is 23.7 Å². The maximum atomic E-state index is 12.3. The molecular weight excluding hydrogens is 298 g/mol. The van der Waals surface area contributed by atoms with Crippen molar-refractivity contribution in [3.05, 3.63) is 0 Å². The highest BCUT2D eigenvalue weighted by Gasteiger charge is 2.47. The monoisotopic (exact) mass is 327 g/mol. The maximum absolute atomic E-state index is 12.3. The summed E-state index contributed by atoms with van der Waals surface area (Å²) in [5.41, 5.74) is -0.616. The van der Waals surface area contributed by atoms with Gasteiger partial charge in [0.1, 0.15) is 11.6 Å². The minimum Gasteiger partial charge on any atom is -0.480 e. The topological polar surface area (TPSA) is 76.1 Å². The van der Waals surface area contributed by atoms with Crippen LogP contribution in [0.25, 0.3) is 0 Å². The summed E-state index contributed by atoms with van der Waals surface area (Å²) < 4.78 is 10.8. The summed E-state index contributed by atoms with van der Waals surface area (Å²) in [7, 11) is 1.73. The average molecular weight is 327 g/mol. The van der Waals surface area contributed by atoms with E-state index in [-0.39, 0.29) is 12.0 Å². The number of aliphatic carboxylic acids is 1. The van der Waals surface area contributed by atoms with Crippen molar-refractivity contribution in [3.8, 4) is 0 Å². The molecule has 0 aromatic carbocycles. The average Bonchev–Trinajstić information content (AvgIpc) is 2.90. The molecule has 0 radical (unpaired) electrons. The zero-order chi connectivity index (χ0) is 17.2. The Morgan fingerprint density at radius 2 is 1.70 bits per heavy atom. The predicted molar refractivity (Wildman–Crippen MR) is 85.2 cm³/mol. The van der Waals surface area contributed by atoms with Crippen molar-refractivity contribution in [1.82, 2.24) is 4.90 Å². The fourth-order valence-electron chi connectivity index (χ4n) is 3.90. The van der Waals surface area contributed by atoms with Crippen LogP contribution in [0.1, 0.15) is 52.9 Å². The highest BCUT2D eigenvalue weighted by atomic mass is 16.6. The highest BCUT2D eigenvalue weighted by molar-refractivity contribution is 5.81. The summed E-state index contributed by atoms with van der Waals surface area (Å²) >= 11 is 0. The van der Waals surface area contributed by atoms with Gasteiger partial charge >= 0.3 is 12.1 Å². The number of carbonyl (C=O) groups excluding carboxylic acids is 1. The summed E-state index contributed by atoms with van der Waals surface area (Å²) in [6.45, 7) is 5.83. The Kier molecular flexibility index (Phi) is 5.55. The summed E-state index contributed by atoms with van der Waals surface area (Å²) in [5.74, 6) is -0.569. The van der Waals surface area contributed by atoms with Gasteiger partial charge in [-0.15, -0.1) is 0 Å². The fraction of sp³-hybridized carbons (Fsp3) is 0.882. The number of nitrogens with zero attached hydrogens (tertiary/aromatic N) is 1. The van der Waals surface area contributed by atoms with Crippen LogP contribution in [0.4, 0.5) is 4.79 Å². The molecule has 1 saturated heterocycles. The normalized spacial score (nSPS) is 31.9. The van der Waals surface area contributed by atoms with E-state index in [1.807, 2.05) is 0 Å². The van der Waals surface area contributed by atoms with Crippen LogP contribution in [0.15, 0.2) is 0 Å². The molecule has 1 aliphatic heterocycles. The Hall–Kier alpha value is -1.30. The van der Waals surface area contributed by atoms with Gasteiger partial charge in [0.15, 0.2) is 0 Å². The van der Waals surface area contributed by atoms with E-state index in [0.29, 0.717) is 12.5 Å². The van der Waals surface area contributed by atoms with Crippen molar-refractivity contribution in [2.75, 3.05) is 13.7 Å². The first-order valence-corrected chi connectivity index (χ1v) is 8.48. The zero-order valence-electron chi connectivity index (χ0n) is 14.6. The van der Waals surface area contributed by atoms with Crippen molar-refractivity contribution in [2.24, 2.45) is 11.8 Å². The number of carbonyl (C=O) groups is 2. The molecule has 1 amide bonds. The van der Waals surface area contributed by atoms with Crippen LogP contribution in [-0.2, 0) is 14.3 Å². The van der Waals surface area contributed by atoms with Crippen LogP contribution < -0.4 is 0 Å². The molecule has 2 aliphatic rings. The molecule has 1 heterocycles. The van der Waals surface area contributed by atoms with E-state index in [1.54, 1.807) is 27.9 Å². The molecule has 1 saturated carbocycles. The molecule has 132 valence electrons. The molecule has 1 N–H and O–H groups in total. The van der Waals surface area contributed by atoms with Gasteiger partial charge < -0.3 is 14.6 Å². The van der Waals surface area contributed by atoms with E-state index in [2.05, 4.69) is 0 Å². The second kappa shape index (κ2) is 7.07. The van der Waals surface area contributed by atoms with Gasteiger partial charge in [-0.05, 0) is 64.7 Å². The molecule has 0 spiro atoms. The van der Waals surface area contributed by atoms with Crippen molar-refractivity contribution in [3.63, 3.8) is 0 Å². The van der Waals surface area contributed by atoms with Crippen LogP contribution >= 0.6 is 0 Å². The standard InChI is InChI=1S/C17H29NO5/c1-17(2,3)23-16(21)18-10-9-13(14(18)15(19)20)11-5-7-12(22-4)8-6-11/h11-14H,5-10H2,1-4H3,(H,19,20)/t11-,12-,13-,14-/m1/s1.